The maximum absolute atomic E-state index is 6.53. The second kappa shape index (κ2) is 14.4. The van der Waals surface area contributed by atoms with Gasteiger partial charge in [0.1, 0.15) is 11.2 Å². The van der Waals surface area contributed by atoms with E-state index in [2.05, 4.69) is 223 Å². The number of nitrogens with zero attached hydrogens (tertiary/aromatic N) is 1. The number of anilines is 3. The molecule has 11 aromatic rings. The van der Waals surface area contributed by atoms with Gasteiger partial charge in [0.25, 0.3) is 0 Å². The average Bonchev–Trinajstić information content (AvgIpc) is 3.91. The fourth-order valence-electron chi connectivity index (χ4n) is 9.87. The predicted molar refractivity (Wildman–Crippen MR) is 256 cm³/mol. The van der Waals surface area contributed by atoms with Gasteiger partial charge in [0.15, 0.2) is 0 Å². The molecule has 0 atom stereocenters. The van der Waals surface area contributed by atoms with Crippen LogP contribution in [0.4, 0.5) is 17.1 Å². The van der Waals surface area contributed by atoms with E-state index in [1.165, 1.54) is 66.5 Å². The molecule has 286 valence electrons. The van der Waals surface area contributed by atoms with Gasteiger partial charge in [0, 0.05) is 33.9 Å². The van der Waals surface area contributed by atoms with Crippen molar-refractivity contribution in [1.29, 1.82) is 0 Å². The molecule has 0 saturated carbocycles. The van der Waals surface area contributed by atoms with Gasteiger partial charge in [-0.15, -0.1) is 0 Å². The summed E-state index contributed by atoms with van der Waals surface area (Å²) in [7, 11) is 0. The molecule has 0 aliphatic heterocycles. The molecule has 0 fully saturated rings. The minimum absolute atomic E-state index is 0.812. The molecule has 1 aliphatic rings. The van der Waals surface area contributed by atoms with Crippen LogP contribution in [0, 0.1) is 0 Å². The maximum atomic E-state index is 6.53. The molecule has 0 saturated heterocycles. The highest BCUT2D eigenvalue weighted by atomic mass is 16.3. The van der Waals surface area contributed by atoms with Gasteiger partial charge in [0.2, 0.25) is 0 Å². The van der Waals surface area contributed by atoms with Crippen molar-refractivity contribution in [1.82, 2.24) is 0 Å². The standard InChI is InChI=1S/C59H39NO/c1-3-19-40(20-4-1)50-38-51-44-27-10-8-24-42(44)37-52(51)59(57(50)41-22-5-2-6-23-41)60(53-33-14-11-28-46(53)45-31-17-25-39-21-7-9-26-43(39)45)54-34-15-12-29-47(54)48-32-18-36-56-58(48)49-30-13-16-35-55(49)61-56/h1-36,38H,37H2. The molecule has 2 nitrogen and oxygen atoms in total. The van der Waals surface area contributed by atoms with Crippen molar-refractivity contribution in [2.45, 2.75) is 6.42 Å². The monoisotopic (exact) mass is 777 g/mol. The minimum atomic E-state index is 0.812. The van der Waals surface area contributed by atoms with Crippen molar-refractivity contribution in [3.05, 3.63) is 236 Å². The van der Waals surface area contributed by atoms with E-state index >= 15 is 0 Å². The van der Waals surface area contributed by atoms with E-state index in [0.29, 0.717) is 0 Å². The van der Waals surface area contributed by atoms with Crippen LogP contribution in [-0.2, 0) is 6.42 Å². The third-order valence-corrected chi connectivity index (χ3v) is 12.5. The summed E-state index contributed by atoms with van der Waals surface area (Å²) in [5.41, 5.74) is 19.7. The Bertz CT molecular complexity index is 3450. The Balaban J connectivity index is 1.26. The van der Waals surface area contributed by atoms with E-state index < -0.39 is 0 Å². The lowest BCUT2D eigenvalue weighted by Crippen LogP contribution is -2.16. The number of hydrogen-bond acceptors (Lipinski definition) is 2. The van der Waals surface area contributed by atoms with E-state index in [4.69, 9.17) is 4.42 Å². The van der Waals surface area contributed by atoms with Crippen molar-refractivity contribution in [2.24, 2.45) is 0 Å². The molecular formula is C59H39NO. The molecule has 61 heavy (non-hydrogen) atoms. The quantitative estimate of drug-likeness (QED) is 0.160. The molecule has 1 aliphatic carbocycles. The Hall–Kier alpha value is -7.94. The summed E-state index contributed by atoms with van der Waals surface area (Å²) in [6.07, 6.45) is 0.812. The van der Waals surface area contributed by atoms with Crippen molar-refractivity contribution in [3.8, 4) is 55.6 Å². The zero-order valence-corrected chi connectivity index (χ0v) is 33.4. The summed E-state index contributed by atoms with van der Waals surface area (Å²) in [5.74, 6) is 0. The lowest BCUT2D eigenvalue weighted by molar-refractivity contribution is 0.669. The van der Waals surface area contributed by atoms with E-state index in [1.54, 1.807) is 0 Å². The highest BCUT2D eigenvalue weighted by Gasteiger charge is 2.33. The molecule has 0 radical (unpaired) electrons. The molecule has 0 spiro atoms. The molecule has 1 heterocycles. The molecule has 1 aromatic heterocycles. The number of hydrogen-bond donors (Lipinski definition) is 0. The maximum Gasteiger partial charge on any atom is 0.136 e. The van der Waals surface area contributed by atoms with Gasteiger partial charge >= 0.3 is 0 Å². The summed E-state index contributed by atoms with van der Waals surface area (Å²) < 4.78 is 6.53. The topological polar surface area (TPSA) is 16.4 Å². The summed E-state index contributed by atoms with van der Waals surface area (Å²) >= 11 is 0. The van der Waals surface area contributed by atoms with E-state index in [9.17, 15) is 0 Å². The summed E-state index contributed by atoms with van der Waals surface area (Å²) in [4.78, 5) is 2.60. The van der Waals surface area contributed by atoms with Gasteiger partial charge in [-0.3, -0.25) is 0 Å². The van der Waals surface area contributed by atoms with Gasteiger partial charge in [-0.05, 0) is 91.2 Å². The van der Waals surface area contributed by atoms with Gasteiger partial charge < -0.3 is 9.32 Å². The molecule has 0 unspecified atom stereocenters. The first kappa shape index (κ1) is 35.0. The summed E-state index contributed by atoms with van der Waals surface area (Å²) in [6.45, 7) is 0. The van der Waals surface area contributed by atoms with E-state index in [-0.39, 0.29) is 0 Å². The second-order valence-electron chi connectivity index (χ2n) is 15.9. The zero-order chi connectivity index (χ0) is 40.3. The van der Waals surface area contributed by atoms with Crippen molar-refractivity contribution in [2.75, 3.05) is 4.90 Å². The van der Waals surface area contributed by atoms with Gasteiger partial charge in [0.05, 0.1) is 17.1 Å². The third kappa shape index (κ3) is 5.72. The van der Waals surface area contributed by atoms with Crippen LogP contribution >= 0.6 is 0 Å². The Morgan fingerprint density at radius 2 is 0.902 bits per heavy atom. The largest absolute Gasteiger partial charge is 0.456 e. The van der Waals surface area contributed by atoms with Gasteiger partial charge in [-0.1, -0.05) is 194 Å². The summed E-state index contributed by atoms with van der Waals surface area (Å²) in [5, 5.41) is 4.66. The Labute approximate surface area is 355 Å². The first-order valence-electron chi connectivity index (χ1n) is 21.1. The molecule has 0 bridgehead atoms. The van der Waals surface area contributed by atoms with Gasteiger partial charge in [-0.25, -0.2) is 0 Å². The zero-order valence-electron chi connectivity index (χ0n) is 33.4. The Morgan fingerprint density at radius 1 is 0.361 bits per heavy atom. The SMILES string of the molecule is c1ccc(-c2cc3c(c(N(c4ccccc4-c4cccc5ccccc45)c4ccccc4-c4cccc5oc6ccccc6c45)c2-c2ccccc2)Cc2ccccc2-3)cc1. The number of furan rings is 1. The Kier molecular flexibility index (Phi) is 8.28. The van der Waals surface area contributed by atoms with Crippen LogP contribution < -0.4 is 4.90 Å². The first-order valence-corrected chi connectivity index (χ1v) is 21.1. The summed E-state index contributed by atoms with van der Waals surface area (Å²) in [6, 6.07) is 81.7. The van der Waals surface area contributed by atoms with Crippen LogP contribution in [0.3, 0.4) is 0 Å². The van der Waals surface area contributed by atoms with E-state index in [1.807, 2.05) is 6.07 Å². The molecule has 10 aromatic carbocycles. The number of benzene rings is 10. The molecule has 0 amide bonds. The smallest absolute Gasteiger partial charge is 0.136 e. The minimum Gasteiger partial charge on any atom is -0.456 e. The van der Waals surface area contributed by atoms with Crippen LogP contribution in [0.15, 0.2) is 229 Å². The lowest BCUT2D eigenvalue weighted by Gasteiger charge is -2.34. The Morgan fingerprint density at radius 3 is 1.69 bits per heavy atom. The number of rotatable bonds is 7. The highest BCUT2D eigenvalue weighted by molar-refractivity contribution is 6.15. The third-order valence-electron chi connectivity index (χ3n) is 12.5. The van der Waals surface area contributed by atoms with E-state index in [0.717, 1.165) is 56.4 Å². The van der Waals surface area contributed by atoms with Crippen molar-refractivity contribution in [3.63, 3.8) is 0 Å². The predicted octanol–water partition coefficient (Wildman–Crippen LogP) is 16.4. The fourth-order valence-corrected chi connectivity index (χ4v) is 9.87. The lowest BCUT2D eigenvalue weighted by atomic mass is 9.86. The highest BCUT2D eigenvalue weighted by Crippen LogP contribution is 2.56. The second-order valence-corrected chi connectivity index (χ2v) is 15.9. The molecule has 12 rings (SSSR count). The van der Waals surface area contributed by atoms with Crippen LogP contribution in [0.1, 0.15) is 11.1 Å². The fraction of sp³-hybridized carbons (Fsp3) is 0.0169. The van der Waals surface area contributed by atoms with Crippen LogP contribution in [-0.4, -0.2) is 0 Å². The van der Waals surface area contributed by atoms with Gasteiger partial charge in [-0.2, -0.15) is 0 Å². The average molecular weight is 778 g/mol. The van der Waals surface area contributed by atoms with Crippen LogP contribution in [0.2, 0.25) is 0 Å². The first-order chi connectivity index (χ1) is 30.3. The van der Waals surface area contributed by atoms with Crippen molar-refractivity contribution < 1.29 is 4.42 Å². The van der Waals surface area contributed by atoms with Crippen LogP contribution in [0.5, 0.6) is 0 Å². The number of para-hydroxylation sites is 3. The normalized spacial score (nSPS) is 11.9. The molecular weight excluding hydrogens is 739 g/mol. The molecule has 0 N–H and O–H groups in total. The molecule has 2 heteroatoms. The van der Waals surface area contributed by atoms with Crippen LogP contribution in [0.25, 0.3) is 88.3 Å². The van der Waals surface area contributed by atoms with Crippen molar-refractivity contribution >= 4 is 49.8 Å². The number of fused-ring (bicyclic) bond motifs is 7.